The van der Waals surface area contributed by atoms with E-state index in [1.54, 1.807) is 24.7 Å². The topological polar surface area (TPSA) is 65.7 Å². The molecule has 0 radical (unpaired) electrons. The minimum absolute atomic E-state index is 0.0132. The lowest BCUT2D eigenvalue weighted by molar-refractivity contribution is -0.137. The Kier molecular flexibility index (Phi) is 9.25. The van der Waals surface area contributed by atoms with E-state index < -0.39 is 11.7 Å². The summed E-state index contributed by atoms with van der Waals surface area (Å²) in [4.78, 5) is 28.3. The van der Waals surface area contributed by atoms with Crippen LogP contribution in [-0.2, 0) is 24.1 Å². The quantitative estimate of drug-likeness (QED) is 0.199. The third kappa shape index (κ3) is 7.90. The highest BCUT2D eigenvalue weighted by atomic mass is 19.4. The standard InChI is InChI=1S/C33H34F3N5O2/c1-24-38-28(23-43-24)22-40-19-15-31(16-20-40)41(32(42)12-7-25-3-8-27(9-4-25)33(34,35)36)21-26-5-10-29(11-6-26)39(2)30-13-17-37-18-14-30/h3-14,17-18,23,31H,15-16,19-22H2,1-2H3. The number of pyridine rings is 1. The van der Waals surface area contributed by atoms with Crippen molar-refractivity contribution in [1.82, 2.24) is 19.8 Å². The van der Waals surface area contributed by atoms with Gasteiger partial charge in [0.05, 0.1) is 11.3 Å². The highest BCUT2D eigenvalue weighted by Gasteiger charge is 2.30. The number of carbonyl (C=O) groups is 1. The number of halogens is 3. The monoisotopic (exact) mass is 589 g/mol. The summed E-state index contributed by atoms with van der Waals surface area (Å²) < 4.78 is 44.2. The van der Waals surface area contributed by atoms with Crippen LogP contribution in [-0.4, -0.2) is 51.9 Å². The number of rotatable bonds is 9. The average molecular weight is 590 g/mol. The molecule has 0 spiro atoms. The van der Waals surface area contributed by atoms with Crippen molar-refractivity contribution in [3.63, 3.8) is 0 Å². The molecule has 1 fully saturated rings. The van der Waals surface area contributed by atoms with E-state index in [0.717, 1.165) is 60.7 Å². The van der Waals surface area contributed by atoms with E-state index in [4.69, 9.17) is 4.42 Å². The van der Waals surface area contributed by atoms with Crippen molar-refractivity contribution in [2.75, 3.05) is 25.0 Å². The molecule has 4 aromatic rings. The molecule has 1 amide bonds. The maximum Gasteiger partial charge on any atom is 0.416 e. The fraction of sp³-hybridized carbons (Fsp3) is 0.303. The number of carbonyl (C=O) groups excluding carboxylic acids is 1. The van der Waals surface area contributed by atoms with Gasteiger partial charge in [-0.2, -0.15) is 13.2 Å². The molecule has 10 heteroatoms. The fourth-order valence-electron chi connectivity index (χ4n) is 5.27. The zero-order chi connectivity index (χ0) is 30.4. The van der Waals surface area contributed by atoms with Crippen LogP contribution in [0.1, 0.15) is 41.1 Å². The van der Waals surface area contributed by atoms with Gasteiger partial charge in [-0.1, -0.05) is 24.3 Å². The molecule has 0 atom stereocenters. The van der Waals surface area contributed by atoms with Gasteiger partial charge < -0.3 is 14.2 Å². The van der Waals surface area contributed by atoms with Gasteiger partial charge in [0.25, 0.3) is 0 Å². The van der Waals surface area contributed by atoms with Gasteiger partial charge in [0, 0.05) is 76.0 Å². The zero-order valence-electron chi connectivity index (χ0n) is 24.2. The van der Waals surface area contributed by atoms with Gasteiger partial charge in [0.2, 0.25) is 5.91 Å². The molecule has 3 heterocycles. The van der Waals surface area contributed by atoms with E-state index in [-0.39, 0.29) is 11.9 Å². The summed E-state index contributed by atoms with van der Waals surface area (Å²) in [5, 5.41) is 0. The van der Waals surface area contributed by atoms with Crippen LogP contribution in [0.3, 0.4) is 0 Å². The number of oxazole rings is 1. The summed E-state index contributed by atoms with van der Waals surface area (Å²) in [5.41, 5.74) is 3.71. The molecule has 2 aromatic heterocycles. The highest BCUT2D eigenvalue weighted by molar-refractivity contribution is 5.92. The molecule has 0 bridgehead atoms. The molecule has 1 aliphatic heterocycles. The van der Waals surface area contributed by atoms with Gasteiger partial charge in [-0.25, -0.2) is 4.98 Å². The summed E-state index contributed by atoms with van der Waals surface area (Å²) in [6, 6.07) is 16.8. The number of anilines is 2. The van der Waals surface area contributed by atoms with E-state index in [0.29, 0.717) is 24.5 Å². The van der Waals surface area contributed by atoms with Crippen LogP contribution in [0.5, 0.6) is 0 Å². The molecule has 224 valence electrons. The molecule has 0 N–H and O–H groups in total. The summed E-state index contributed by atoms with van der Waals surface area (Å²) in [6.07, 6.45) is 5.39. The molecule has 43 heavy (non-hydrogen) atoms. The molecule has 1 aliphatic rings. The minimum Gasteiger partial charge on any atom is -0.449 e. The summed E-state index contributed by atoms with van der Waals surface area (Å²) in [6.45, 7) is 4.54. The van der Waals surface area contributed by atoms with Crippen molar-refractivity contribution in [3.05, 3.63) is 114 Å². The van der Waals surface area contributed by atoms with Gasteiger partial charge in [-0.05, 0) is 66.4 Å². The Balaban J connectivity index is 1.30. The number of likely N-dealkylation sites (tertiary alicyclic amines) is 1. The Morgan fingerprint density at radius 3 is 2.26 bits per heavy atom. The normalized spacial score (nSPS) is 14.7. The molecule has 0 saturated carbocycles. The number of hydrogen-bond acceptors (Lipinski definition) is 6. The molecule has 7 nitrogen and oxygen atoms in total. The number of nitrogens with zero attached hydrogens (tertiary/aromatic N) is 5. The van der Waals surface area contributed by atoms with Gasteiger partial charge >= 0.3 is 6.18 Å². The number of benzene rings is 2. The van der Waals surface area contributed by atoms with E-state index >= 15 is 0 Å². The molecule has 0 aliphatic carbocycles. The lowest BCUT2D eigenvalue weighted by Gasteiger charge is -2.38. The molecular formula is C33H34F3N5O2. The van der Waals surface area contributed by atoms with Crippen molar-refractivity contribution in [1.29, 1.82) is 0 Å². The first-order valence-electron chi connectivity index (χ1n) is 14.2. The third-order valence-electron chi connectivity index (χ3n) is 7.72. The fourth-order valence-corrected chi connectivity index (χ4v) is 5.27. The number of amides is 1. The second-order valence-corrected chi connectivity index (χ2v) is 10.7. The Labute approximate surface area is 249 Å². The van der Waals surface area contributed by atoms with Crippen LogP contribution < -0.4 is 4.90 Å². The Morgan fingerprint density at radius 2 is 1.65 bits per heavy atom. The predicted molar refractivity (Wildman–Crippen MR) is 159 cm³/mol. The average Bonchev–Trinajstić information content (AvgIpc) is 3.43. The van der Waals surface area contributed by atoms with Crippen molar-refractivity contribution in [2.45, 2.75) is 45.1 Å². The number of aromatic nitrogens is 2. The molecule has 0 unspecified atom stereocenters. The number of aryl methyl sites for hydroxylation is 1. The van der Waals surface area contributed by atoms with Crippen LogP contribution in [0.15, 0.2) is 89.8 Å². The van der Waals surface area contributed by atoms with Gasteiger partial charge in [0.1, 0.15) is 6.26 Å². The minimum atomic E-state index is -4.40. The Morgan fingerprint density at radius 1 is 1.00 bits per heavy atom. The van der Waals surface area contributed by atoms with E-state index in [1.807, 2.05) is 55.3 Å². The van der Waals surface area contributed by atoms with Crippen molar-refractivity contribution in [2.24, 2.45) is 0 Å². The SMILES string of the molecule is Cc1nc(CN2CCC(N(Cc3ccc(N(C)c4ccncc4)cc3)C(=O)C=Cc3ccc(C(F)(F)F)cc3)CC2)co1. The summed E-state index contributed by atoms with van der Waals surface area (Å²) in [7, 11) is 1.99. The van der Waals surface area contributed by atoms with Gasteiger partial charge in [-0.3, -0.25) is 14.7 Å². The number of piperidine rings is 1. The van der Waals surface area contributed by atoms with E-state index in [9.17, 15) is 18.0 Å². The molecular weight excluding hydrogens is 555 g/mol. The van der Waals surface area contributed by atoms with Gasteiger partial charge in [-0.15, -0.1) is 0 Å². The zero-order valence-corrected chi connectivity index (χ0v) is 24.2. The predicted octanol–water partition coefficient (Wildman–Crippen LogP) is 6.87. The third-order valence-corrected chi connectivity index (χ3v) is 7.72. The number of hydrogen-bond donors (Lipinski definition) is 0. The van der Waals surface area contributed by atoms with Crippen molar-refractivity contribution < 1.29 is 22.4 Å². The smallest absolute Gasteiger partial charge is 0.416 e. The maximum atomic E-state index is 13.6. The Hall–Kier alpha value is -4.44. The Bertz CT molecular complexity index is 1510. The molecule has 2 aromatic carbocycles. The van der Waals surface area contributed by atoms with E-state index in [1.165, 1.54) is 18.2 Å². The highest BCUT2D eigenvalue weighted by Crippen LogP contribution is 2.29. The van der Waals surface area contributed by atoms with Gasteiger partial charge in [0.15, 0.2) is 5.89 Å². The van der Waals surface area contributed by atoms with Crippen LogP contribution in [0.25, 0.3) is 6.08 Å². The van der Waals surface area contributed by atoms with Crippen LogP contribution in [0, 0.1) is 6.92 Å². The first kappa shape index (κ1) is 30.0. The lowest BCUT2D eigenvalue weighted by Crippen LogP contribution is -2.46. The first-order valence-corrected chi connectivity index (χ1v) is 14.2. The van der Waals surface area contributed by atoms with Crippen molar-refractivity contribution in [3.8, 4) is 0 Å². The molecule has 1 saturated heterocycles. The first-order chi connectivity index (χ1) is 20.7. The summed E-state index contributed by atoms with van der Waals surface area (Å²) >= 11 is 0. The van der Waals surface area contributed by atoms with Crippen LogP contribution in [0.2, 0.25) is 0 Å². The maximum absolute atomic E-state index is 13.6. The van der Waals surface area contributed by atoms with Crippen LogP contribution in [0.4, 0.5) is 24.5 Å². The summed E-state index contributed by atoms with van der Waals surface area (Å²) in [5.74, 6) is 0.461. The van der Waals surface area contributed by atoms with E-state index in [2.05, 4.69) is 19.8 Å². The molecule has 5 rings (SSSR count). The largest absolute Gasteiger partial charge is 0.449 e. The van der Waals surface area contributed by atoms with Crippen LogP contribution >= 0.6 is 0 Å². The lowest BCUT2D eigenvalue weighted by atomic mass is 10.0. The second kappa shape index (κ2) is 13.2. The second-order valence-electron chi connectivity index (χ2n) is 10.7. The number of alkyl halides is 3. The van der Waals surface area contributed by atoms with Crippen molar-refractivity contribution >= 4 is 23.4 Å².